The smallest absolute Gasteiger partial charge is 0.417 e. The summed E-state index contributed by atoms with van der Waals surface area (Å²) in [6, 6.07) is 10.1. The average Bonchev–Trinajstić information content (AvgIpc) is 2.61. The van der Waals surface area contributed by atoms with Gasteiger partial charge in [0.15, 0.2) is 0 Å². The molecule has 2 aromatic rings. The van der Waals surface area contributed by atoms with Crippen molar-refractivity contribution in [3.8, 4) is 5.75 Å². The Hall–Kier alpha value is -2.59. The molecule has 2 rings (SSSR count). The van der Waals surface area contributed by atoms with E-state index in [2.05, 4.69) is 5.32 Å². The van der Waals surface area contributed by atoms with E-state index in [0.717, 1.165) is 19.2 Å². The number of alkyl halides is 3. The summed E-state index contributed by atoms with van der Waals surface area (Å²) in [7, 11) is -2.00. The van der Waals surface area contributed by atoms with Crippen LogP contribution in [0.25, 0.3) is 0 Å². The van der Waals surface area contributed by atoms with Gasteiger partial charge in [0.1, 0.15) is 5.75 Å². The first-order chi connectivity index (χ1) is 12.6. The van der Waals surface area contributed by atoms with Crippen LogP contribution >= 0.6 is 0 Å². The van der Waals surface area contributed by atoms with Gasteiger partial charge in [-0.25, -0.2) is 8.42 Å². The van der Waals surface area contributed by atoms with E-state index >= 15 is 0 Å². The minimum Gasteiger partial charge on any atom is -0.497 e. The Balaban J connectivity index is 2.16. The van der Waals surface area contributed by atoms with Crippen molar-refractivity contribution in [1.82, 2.24) is 4.31 Å². The van der Waals surface area contributed by atoms with Crippen LogP contribution in [0.2, 0.25) is 0 Å². The van der Waals surface area contributed by atoms with Gasteiger partial charge in [-0.2, -0.15) is 17.5 Å². The third kappa shape index (κ3) is 4.98. The molecular formula is C17H17F3N2O4S. The number of halogens is 3. The Morgan fingerprint density at radius 2 is 1.70 bits per heavy atom. The molecule has 0 heterocycles. The second-order valence-electron chi connectivity index (χ2n) is 5.53. The van der Waals surface area contributed by atoms with Crippen LogP contribution in [0.15, 0.2) is 53.4 Å². The van der Waals surface area contributed by atoms with Crippen molar-refractivity contribution in [2.45, 2.75) is 11.1 Å². The molecule has 27 heavy (non-hydrogen) atoms. The van der Waals surface area contributed by atoms with E-state index in [-0.39, 0.29) is 0 Å². The van der Waals surface area contributed by atoms with Gasteiger partial charge in [0.05, 0.1) is 24.1 Å². The van der Waals surface area contributed by atoms with E-state index in [1.807, 2.05) is 0 Å². The number of likely N-dealkylation sites (N-methyl/N-ethyl adjacent to an activating group) is 1. The van der Waals surface area contributed by atoms with Crippen LogP contribution in [0, 0.1) is 0 Å². The number of sulfonamides is 1. The molecule has 0 radical (unpaired) electrons. The first-order valence-electron chi connectivity index (χ1n) is 7.62. The van der Waals surface area contributed by atoms with Gasteiger partial charge in [0.25, 0.3) is 0 Å². The first kappa shape index (κ1) is 20.7. The van der Waals surface area contributed by atoms with Gasteiger partial charge in [0, 0.05) is 12.7 Å². The number of anilines is 1. The Morgan fingerprint density at radius 1 is 1.11 bits per heavy atom. The van der Waals surface area contributed by atoms with Crippen LogP contribution in [0.4, 0.5) is 18.9 Å². The van der Waals surface area contributed by atoms with E-state index in [1.54, 1.807) is 24.3 Å². The first-order valence-corrected chi connectivity index (χ1v) is 9.06. The van der Waals surface area contributed by atoms with Gasteiger partial charge in [0.2, 0.25) is 15.9 Å². The third-order valence-electron chi connectivity index (χ3n) is 3.62. The zero-order valence-electron chi connectivity index (χ0n) is 14.4. The summed E-state index contributed by atoms with van der Waals surface area (Å²) >= 11 is 0. The molecule has 2 aromatic carbocycles. The molecule has 1 amide bonds. The van der Waals surface area contributed by atoms with Crippen molar-refractivity contribution >= 4 is 21.6 Å². The zero-order valence-corrected chi connectivity index (χ0v) is 15.3. The van der Waals surface area contributed by atoms with Crippen LogP contribution < -0.4 is 10.1 Å². The molecule has 0 saturated heterocycles. The summed E-state index contributed by atoms with van der Waals surface area (Å²) in [6.45, 7) is -0.652. The Morgan fingerprint density at radius 3 is 2.26 bits per heavy atom. The topological polar surface area (TPSA) is 75.7 Å². The SMILES string of the molecule is COc1ccc(NC(=O)CN(C)S(=O)(=O)c2ccccc2C(F)(F)F)cc1. The molecule has 0 bridgehead atoms. The van der Waals surface area contributed by atoms with Crippen molar-refractivity contribution in [3.05, 3.63) is 54.1 Å². The van der Waals surface area contributed by atoms with Crippen LogP contribution in [-0.2, 0) is 21.0 Å². The lowest BCUT2D eigenvalue weighted by Crippen LogP contribution is -2.35. The van der Waals surface area contributed by atoms with Crippen LogP contribution in [0.3, 0.4) is 0 Å². The second-order valence-corrected chi connectivity index (χ2v) is 7.54. The van der Waals surface area contributed by atoms with E-state index in [0.29, 0.717) is 21.8 Å². The fourth-order valence-corrected chi connectivity index (χ4v) is 3.59. The molecule has 1 N–H and O–H groups in total. The summed E-state index contributed by atoms with van der Waals surface area (Å²) in [5.74, 6) is -0.132. The number of nitrogens with zero attached hydrogens (tertiary/aromatic N) is 1. The molecule has 0 unspecified atom stereocenters. The quantitative estimate of drug-likeness (QED) is 0.806. The van der Waals surface area contributed by atoms with Crippen LogP contribution in [0.5, 0.6) is 5.75 Å². The summed E-state index contributed by atoms with van der Waals surface area (Å²) in [5, 5.41) is 2.47. The zero-order chi connectivity index (χ0) is 20.2. The highest BCUT2D eigenvalue weighted by Gasteiger charge is 2.38. The minimum atomic E-state index is -4.84. The molecule has 0 aliphatic rings. The molecule has 146 valence electrons. The highest BCUT2D eigenvalue weighted by molar-refractivity contribution is 7.89. The molecule has 0 atom stereocenters. The molecule has 6 nitrogen and oxygen atoms in total. The lowest BCUT2D eigenvalue weighted by molar-refractivity contribution is -0.139. The van der Waals surface area contributed by atoms with Crippen molar-refractivity contribution in [2.75, 3.05) is 26.0 Å². The molecule has 0 spiro atoms. The summed E-state index contributed by atoms with van der Waals surface area (Å²) in [6.07, 6.45) is -4.84. The predicted octanol–water partition coefficient (Wildman–Crippen LogP) is 2.97. The lowest BCUT2D eigenvalue weighted by atomic mass is 10.2. The van der Waals surface area contributed by atoms with Gasteiger partial charge in [-0.15, -0.1) is 0 Å². The highest BCUT2D eigenvalue weighted by atomic mass is 32.2. The Labute approximate surface area is 154 Å². The number of amides is 1. The van der Waals surface area contributed by atoms with Crippen molar-refractivity contribution in [1.29, 1.82) is 0 Å². The maximum absolute atomic E-state index is 13.1. The number of carbonyl (C=O) groups is 1. The van der Waals surface area contributed by atoms with Gasteiger partial charge >= 0.3 is 6.18 Å². The Kier molecular flexibility index (Phi) is 6.11. The van der Waals surface area contributed by atoms with Gasteiger partial charge < -0.3 is 10.1 Å². The number of rotatable bonds is 6. The summed E-state index contributed by atoms with van der Waals surface area (Å²) in [5.41, 5.74) is -0.894. The average molecular weight is 402 g/mol. The number of hydrogen-bond acceptors (Lipinski definition) is 4. The normalized spacial score (nSPS) is 12.1. The summed E-state index contributed by atoms with van der Waals surface area (Å²) < 4.78 is 69.8. The van der Waals surface area contributed by atoms with E-state index in [9.17, 15) is 26.4 Å². The van der Waals surface area contributed by atoms with Gasteiger partial charge in [-0.05, 0) is 36.4 Å². The van der Waals surface area contributed by atoms with E-state index < -0.39 is 39.1 Å². The van der Waals surface area contributed by atoms with Crippen molar-refractivity contribution < 1.29 is 31.1 Å². The van der Waals surface area contributed by atoms with E-state index in [1.165, 1.54) is 13.2 Å². The maximum Gasteiger partial charge on any atom is 0.417 e. The lowest BCUT2D eigenvalue weighted by Gasteiger charge is -2.20. The van der Waals surface area contributed by atoms with Crippen molar-refractivity contribution in [2.24, 2.45) is 0 Å². The fourth-order valence-electron chi connectivity index (χ4n) is 2.26. The van der Waals surface area contributed by atoms with E-state index in [4.69, 9.17) is 4.74 Å². The second kappa shape index (κ2) is 7.97. The number of ether oxygens (including phenoxy) is 1. The monoisotopic (exact) mass is 402 g/mol. The fraction of sp³-hybridized carbons (Fsp3) is 0.235. The Bertz CT molecular complexity index is 913. The number of hydrogen-bond donors (Lipinski definition) is 1. The molecule has 0 aliphatic heterocycles. The summed E-state index contributed by atoms with van der Waals surface area (Å²) in [4.78, 5) is 11.2. The highest BCUT2D eigenvalue weighted by Crippen LogP contribution is 2.34. The van der Waals surface area contributed by atoms with Crippen LogP contribution in [0.1, 0.15) is 5.56 Å². The molecule has 0 fully saturated rings. The molecule has 0 saturated carbocycles. The van der Waals surface area contributed by atoms with Gasteiger partial charge in [-0.3, -0.25) is 4.79 Å². The minimum absolute atomic E-state index is 0.391. The van der Waals surface area contributed by atoms with Crippen LogP contribution in [-0.4, -0.2) is 39.3 Å². The number of methoxy groups -OCH3 is 1. The third-order valence-corrected chi connectivity index (χ3v) is 5.48. The number of carbonyl (C=O) groups excluding carboxylic acids is 1. The number of benzene rings is 2. The standard InChI is InChI=1S/C17H17F3N2O4S/c1-22(11-16(23)21-12-7-9-13(26-2)10-8-12)27(24,25)15-6-4-3-5-14(15)17(18,19)20/h3-10H,11H2,1-2H3,(H,21,23). The molecular weight excluding hydrogens is 385 g/mol. The molecule has 0 aliphatic carbocycles. The number of nitrogens with one attached hydrogen (secondary N) is 1. The van der Waals surface area contributed by atoms with Crippen molar-refractivity contribution in [3.63, 3.8) is 0 Å². The predicted molar refractivity (Wildman–Crippen MR) is 92.9 cm³/mol. The van der Waals surface area contributed by atoms with Gasteiger partial charge in [-0.1, -0.05) is 12.1 Å². The molecule has 10 heteroatoms. The molecule has 0 aromatic heterocycles. The maximum atomic E-state index is 13.1. The largest absolute Gasteiger partial charge is 0.497 e.